The van der Waals surface area contributed by atoms with Gasteiger partial charge >= 0.3 is 12.2 Å². The van der Waals surface area contributed by atoms with Gasteiger partial charge in [0.1, 0.15) is 61.7 Å². The molecular weight excluding hydrogens is 1400 g/mol. The maximum Gasteiger partial charge on any atom is 0.410 e. The summed E-state index contributed by atoms with van der Waals surface area (Å²) < 4.78 is 45.3. The lowest BCUT2D eigenvalue weighted by molar-refractivity contribution is 0.0224. The Balaban J connectivity index is 0.000000174. The summed E-state index contributed by atoms with van der Waals surface area (Å²) in [6, 6.07) is 33.2. The van der Waals surface area contributed by atoms with E-state index < -0.39 is 11.2 Å². The normalized spacial score (nSPS) is 14.8. The molecule has 544 valence electrons. The minimum atomic E-state index is -0.546. The number of hydrogen-bond acceptors (Lipinski definition) is 23. The fourth-order valence-electron chi connectivity index (χ4n) is 10.5. The average molecular weight is 1490 g/mol. The van der Waals surface area contributed by atoms with Gasteiger partial charge < -0.3 is 69.0 Å². The lowest BCUT2D eigenvalue weighted by Crippen LogP contribution is -2.42. The fraction of sp³-hybridized carbons (Fsp3) is 0.329. The van der Waals surface area contributed by atoms with Crippen molar-refractivity contribution in [3.8, 4) is 88.2 Å². The Bertz CT molecular complexity index is 4410. The lowest BCUT2D eigenvalue weighted by Gasteiger charge is -2.28. The Morgan fingerprint density at radius 3 is 1.23 bits per heavy atom. The third kappa shape index (κ3) is 25.6. The van der Waals surface area contributed by atoms with E-state index in [9.17, 15) is 9.59 Å². The molecule has 9 aromatic rings. The first-order chi connectivity index (χ1) is 50.8. The molecule has 12 rings (SSSR count). The van der Waals surface area contributed by atoms with Crippen LogP contribution in [0.3, 0.4) is 0 Å². The number of methoxy groups -OCH3 is 3. The minimum absolute atomic E-state index is 0.0131. The van der Waals surface area contributed by atoms with Gasteiger partial charge in [-0.3, -0.25) is 15.0 Å². The zero-order valence-electron chi connectivity index (χ0n) is 60.3. The van der Waals surface area contributed by atoms with E-state index in [0.29, 0.717) is 94.7 Å². The standard InChI is InChI=1S/C28H31N5O4.C23H23N5O2.C21H27BrN4O4.C7H5N/c1-28(2,3)37-27(34)33-16-6-8-22(33)19-31-25-26(36-24-13-11-23(35-4)12-14-24)32-21(18-30-25)10-9-20-7-5-15-29-17-20;1-29-20-8-10-21(11-9-20)30-23-22(26-15-18-5-3-13-25-18)27-16-19(28-23)7-6-17-4-2-12-24-14-17;1-21(2,3)30-20(27)26-11-5-6-14(26)12-23-18-19(25-17(22)13-24-18)29-16-9-7-15(28-4)8-10-16;1-2-7-4-3-5-8-6-7/h5,7,11-15,17-18,22H,6,8,16,19H2,1-4H3,(H,30,31);2,4,8-12,14,16,18,25H,3,5,13,15H2,1H3,(H,26,27);7-10,13-14H,5-6,11-12H2,1-4H3,(H,23,24);1,3-6H/t;;14-;/m..0./s1. The quantitative estimate of drug-likeness (QED) is 0.0581. The van der Waals surface area contributed by atoms with Gasteiger partial charge in [-0.15, -0.1) is 6.42 Å². The smallest absolute Gasteiger partial charge is 0.410 e. The SMILES string of the molecule is C#Cc1cccnc1.COc1ccc(Oc2nc(Br)cnc2NC[C@@H]2CCCN2C(=O)OC(C)(C)C)cc1.COc1ccc(Oc2nc(C#Cc3cccnc3)cnc2NCC2CCCN2)cc1.COc1ccc(Oc2nc(C#Cc3cccnc3)cnc2NCC2CCCN2C(=O)OC(C)(C)C)cc1. The van der Waals surface area contributed by atoms with Crippen LogP contribution in [0.2, 0.25) is 0 Å². The van der Waals surface area contributed by atoms with Crippen molar-refractivity contribution < 1.29 is 47.5 Å². The number of aromatic nitrogens is 9. The van der Waals surface area contributed by atoms with Gasteiger partial charge in [0.05, 0.1) is 52.0 Å². The van der Waals surface area contributed by atoms with E-state index >= 15 is 0 Å². The van der Waals surface area contributed by atoms with Crippen LogP contribution >= 0.6 is 15.9 Å². The number of likely N-dealkylation sites (tertiary alicyclic amines) is 2. The number of nitrogens with one attached hydrogen (secondary N) is 4. The topological polar surface area (TPSA) is 279 Å². The highest BCUT2D eigenvalue weighted by atomic mass is 79.9. The highest BCUT2D eigenvalue weighted by Gasteiger charge is 2.34. The van der Waals surface area contributed by atoms with Gasteiger partial charge in [-0.25, -0.2) is 29.5 Å². The Kier molecular flexibility index (Phi) is 28.8. The van der Waals surface area contributed by atoms with Crippen molar-refractivity contribution in [1.29, 1.82) is 0 Å². The number of carbonyl (C=O) groups excluding carboxylic acids is 2. The predicted molar refractivity (Wildman–Crippen MR) is 404 cm³/mol. The molecule has 2 unspecified atom stereocenters. The molecule has 9 heterocycles. The molecule has 0 spiro atoms. The summed E-state index contributed by atoms with van der Waals surface area (Å²) in [4.78, 5) is 67.7. The zero-order chi connectivity index (χ0) is 74.4. The van der Waals surface area contributed by atoms with Crippen molar-refractivity contribution in [2.24, 2.45) is 0 Å². The first kappa shape index (κ1) is 77.4. The van der Waals surface area contributed by atoms with E-state index in [1.54, 1.807) is 123 Å². The Morgan fingerprint density at radius 1 is 0.495 bits per heavy atom. The van der Waals surface area contributed by atoms with Crippen LogP contribution in [-0.4, -0.2) is 157 Å². The Morgan fingerprint density at radius 2 is 0.876 bits per heavy atom. The molecule has 25 nitrogen and oxygen atoms in total. The van der Waals surface area contributed by atoms with E-state index in [4.69, 9.17) is 44.3 Å². The molecular formula is C79H86BrN15O10. The number of amides is 2. The number of anilines is 3. The molecule has 3 aliphatic heterocycles. The molecule has 6 aromatic heterocycles. The van der Waals surface area contributed by atoms with Crippen molar-refractivity contribution in [1.82, 2.24) is 60.0 Å². The summed E-state index contributed by atoms with van der Waals surface area (Å²) in [6.07, 6.45) is 25.4. The summed E-state index contributed by atoms with van der Waals surface area (Å²) in [5.74, 6) is 21.2. The van der Waals surface area contributed by atoms with Crippen LogP contribution in [0, 0.1) is 36.0 Å². The molecule has 0 radical (unpaired) electrons. The second-order valence-corrected chi connectivity index (χ2v) is 26.6. The molecule has 105 heavy (non-hydrogen) atoms. The van der Waals surface area contributed by atoms with E-state index in [1.807, 2.05) is 114 Å². The zero-order valence-corrected chi connectivity index (χ0v) is 61.8. The van der Waals surface area contributed by atoms with E-state index in [1.165, 1.54) is 6.42 Å². The molecule has 3 aliphatic rings. The van der Waals surface area contributed by atoms with Crippen molar-refractivity contribution >= 4 is 45.6 Å². The number of pyridine rings is 3. The van der Waals surface area contributed by atoms with Crippen molar-refractivity contribution in [2.45, 2.75) is 109 Å². The third-order valence-corrected chi connectivity index (χ3v) is 15.9. The summed E-state index contributed by atoms with van der Waals surface area (Å²) in [5, 5.41) is 13.4. The fourth-order valence-corrected chi connectivity index (χ4v) is 10.7. The number of hydrogen-bond donors (Lipinski definition) is 4. The summed E-state index contributed by atoms with van der Waals surface area (Å²) >= 11 is 3.34. The van der Waals surface area contributed by atoms with E-state index in [0.717, 1.165) is 79.1 Å². The van der Waals surface area contributed by atoms with Gasteiger partial charge in [0.2, 0.25) is 0 Å². The van der Waals surface area contributed by atoms with Gasteiger partial charge in [0.15, 0.2) is 17.5 Å². The molecule has 3 aromatic carbocycles. The number of benzene rings is 3. The third-order valence-electron chi connectivity index (χ3n) is 15.5. The molecule has 0 saturated carbocycles. The first-order valence-corrected chi connectivity index (χ1v) is 35.0. The second-order valence-electron chi connectivity index (χ2n) is 25.7. The van der Waals surface area contributed by atoms with Crippen molar-refractivity contribution in [3.05, 3.63) is 198 Å². The monoisotopic (exact) mass is 1480 g/mol. The van der Waals surface area contributed by atoms with Gasteiger partial charge in [-0.1, -0.05) is 17.8 Å². The summed E-state index contributed by atoms with van der Waals surface area (Å²) in [5.41, 5.74) is 2.32. The van der Waals surface area contributed by atoms with Gasteiger partial charge in [0.25, 0.3) is 17.6 Å². The largest absolute Gasteiger partial charge is 0.497 e. The predicted octanol–water partition coefficient (Wildman–Crippen LogP) is 14.0. The number of carbonyl (C=O) groups is 2. The number of nitrogens with zero attached hydrogens (tertiary/aromatic N) is 11. The molecule has 3 atom stereocenters. The summed E-state index contributed by atoms with van der Waals surface area (Å²) in [7, 11) is 4.85. The van der Waals surface area contributed by atoms with Crippen LogP contribution in [-0.2, 0) is 9.47 Å². The van der Waals surface area contributed by atoms with E-state index in [2.05, 4.69) is 112 Å². The van der Waals surface area contributed by atoms with Gasteiger partial charge in [-0.05, 0) is 224 Å². The molecule has 0 aliphatic carbocycles. The highest BCUT2D eigenvalue weighted by molar-refractivity contribution is 9.10. The Labute approximate surface area is 621 Å². The van der Waals surface area contributed by atoms with Gasteiger partial charge in [-0.2, -0.15) is 9.97 Å². The van der Waals surface area contributed by atoms with Gasteiger partial charge in [0, 0.05) is 92.6 Å². The maximum atomic E-state index is 12.7. The number of rotatable bonds is 18. The average Bonchev–Trinajstić information content (AvgIpc) is 0.888. The van der Waals surface area contributed by atoms with E-state index in [-0.39, 0.29) is 30.2 Å². The minimum Gasteiger partial charge on any atom is -0.497 e. The van der Waals surface area contributed by atoms with Crippen molar-refractivity contribution in [2.75, 3.05) is 76.5 Å². The lowest BCUT2D eigenvalue weighted by atomic mass is 10.2. The van der Waals surface area contributed by atoms with Crippen LogP contribution in [0.25, 0.3) is 0 Å². The van der Waals surface area contributed by atoms with Crippen LogP contribution in [0.5, 0.6) is 52.1 Å². The first-order valence-electron chi connectivity index (χ1n) is 34.2. The molecule has 3 saturated heterocycles. The molecule has 3 fully saturated rings. The second kappa shape index (κ2) is 39.0. The van der Waals surface area contributed by atoms with Crippen LogP contribution in [0.4, 0.5) is 27.0 Å². The maximum absolute atomic E-state index is 12.7. The molecule has 4 N–H and O–H groups in total. The molecule has 2 amide bonds. The highest BCUT2D eigenvalue weighted by Crippen LogP contribution is 2.33. The number of terminal acetylenes is 1. The molecule has 0 bridgehead atoms. The van der Waals surface area contributed by atoms with Crippen LogP contribution in [0.15, 0.2) is 170 Å². The summed E-state index contributed by atoms with van der Waals surface area (Å²) in [6.45, 7) is 15.4. The Hall–Kier alpha value is -11.8. The number of halogens is 1. The number of ether oxygens (including phenoxy) is 8. The van der Waals surface area contributed by atoms with Crippen LogP contribution < -0.4 is 49.7 Å². The molecule has 26 heteroatoms. The van der Waals surface area contributed by atoms with Crippen molar-refractivity contribution in [3.63, 3.8) is 0 Å². The van der Waals surface area contributed by atoms with Crippen LogP contribution in [0.1, 0.15) is 108 Å².